The minimum absolute atomic E-state index is 0.0934. The number of hydrogen-bond acceptors (Lipinski definition) is 6. The van der Waals surface area contributed by atoms with Crippen molar-refractivity contribution >= 4 is 11.8 Å². The zero-order chi connectivity index (χ0) is 29.1. The number of nitrogens with one attached hydrogen (secondary N) is 2. The lowest BCUT2D eigenvalue weighted by Gasteiger charge is -2.22. The maximum Gasteiger partial charge on any atom is 0.279 e. The van der Waals surface area contributed by atoms with Crippen molar-refractivity contribution in [3.63, 3.8) is 0 Å². The van der Waals surface area contributed by atoms with E-state index in [0.717, 1.165) is 96.7 Å². The highest BCUT2D eigenvalue weighted by Crippen LogP contribution is 2.21. The van der Waals surface area contributed by atoms with Gasteiger partial charge in [-0.1, -0.05) is 12.8 Å². The van der Waals surface area contributed by atoms with Crippen molar-refractivity contribution in [1.82, 2.24) is 10.6 Å². The smallest absolute Gasteiger partial charge is 0.279 e. The van der Waals surface area contributed by atoms with Crippen LogP contribution in [0.2, 0.25) is 0 Å². The summed E-state index contributed by atoms with van der Waals surface area (Å²) in [5.41, 5.74) is 0. The maximum absolute atomic E-state index is 14.4. The van der Waals surface area contributed by atoms with Crippen LogP contribution in [0.1, 0.15) is 109 Å². The average molecular weight is 585 g/mol. The van der Waals surface area contributed by atoms with E-state index in [1.165, 1.54) is 12.2 Å². The Balaban J connectivity index is 1.24. The number of halogens is 2. The predicted octanol–water partition coefficient (Wildman–Crippen LogP) is 6.05. The third-order valence-electron chi connectivity index (χ3n) is 7.81. The van der Waals surface area contributed by atoms with Gasteiger partial charge >= 0.3 is 0 Å². The molecule has 0 aromatic heterocycles. The van der Waals surface area contributed by atoms with E-state index >= 15 is 0 Å². The van der Waals surface area contributed by atoms with Gasteiger partial charge in [-0.3, -0.25) is 9.59 Å². The molecule has 1 aliphatic carbocycles. The van der Waals surface area contributed by atoms with Gasteiger partial charge in [-0.25, -0.2) is 8.78 Å². The average Bonchev–Trinajstić information content (AvgIpc) is 3.42. The van der Waals surface area contributed by atoms with Gasteiger partial charge in [0.05, 0.1) is 0 Å². The molecule has 0 aromatic rings. The third kappa shape index (κ3) is 13.8. The molecule has 0 spiro atoms. The standard InChI is InChI=1S/C31H50F2N2O6/c32-24(14-5-1-3-9-20-38-28-18-7-11-22-40-28)30(36)34-26-16-13-17-27(26)35-31(37)25(33)15-6-2-4-10-21-39-29-19-8-12-23-41-29/h14-15,26-29H,1-13,16-23H2,(H,34,36)(H,35,37)/b24-14-,25-15-/t26-,27+,28?,29?. The van der Waals surface area contributed by atoms with Crippen LogP contribution < -0.4 is 10.6 Å². The lowest BCUT2D eigenvalue weighted by molar-refractivity contribution is -0.163. The normalized spacial score (nSPS) is 25.7. The largest absolute Gasteiger partial charge is 0.353 e. The van der Waals surface area contributed by atoms with Crippen LogP contribution >= 0.6 is 0 Å². The number of ether oxygens (including phenoxy) is 4. The van der Waals surface area contributed by atoms with E-state index in [4.69, 9.17) is 18.9 Å². The second-order valence-electron chi connectivity index (χ2n) is 11.2. The van der Waals surface area contributed by atoms with E-state index in [2.05, 4.69) is 10.6 Å². The Bertz CT molecular complexity index is 761. The summed E-state index contributed by atoms with van der Waals surface area (Å²) in [5.74, 6) is -3.22. The topological polar surface area (TPSA) is 95.1 Å². The molecule has 0 radical (unpaired) electrons. The van der Waals surface area contributed by atoms with Gasteiger partial charge < -0.3 is 29.6 Å². The Kier molecular flexibility index (Phi) is 16.5. The highest BCUT2D eigenvalue weighted by atomic mass is 19.1. The summed E-state index contributed by atoms with van der Waals surface area (Å²) in [4.78, 5) is 24.7. The Morgan fingerprint density at radius 2 is 1.10 bits per heavy atom. The van der Waals surface area contributed by atoms with Crippen LogP contribution in [0.4, 0.5) is 8.78 Å². The highest BCUT2D eigenvalue weighted by Gasteiger charge is 2.31. The molecule has 234 valence electrons. The molecule has 2 saturated heterocycles. The molecule has 3 rings (SSSR count). The summed E-state index contributed by atoms with van der Waals surface area (Å²) < 4.78 is 51.2. The lowest BCUT2D eigenvalue weighted by atomic mass is 10.1. The summed E-state index contributed by atoms with van der Waals surface area (Å²) in [5, 5.41) is 5.34. The van der Waals surface area contributed by atoms with E-state index < -0.39 is 35.6 Å². The molecule has 2 N–H and O–H groups in total. The van der Waals surface area contributed by atoms with Gasteiger partial charge in [-0.2, -0.15) is 0 Å². The van der Waals surface area contributed by atoms with Gasteiger partial charge in [0.25, 0.3) is 11.8 Å². The zero-order valence-electron chi connectivity index (χ0n) is 24.5. The van der Waals surface area contributed by atoms with Crippen LogP contribution in [0.5, 0.6) is 0 Å². The molecule has 0 aromatic carbocycles. The second-order valence-corrected chi connectivity index (χ2v) is 11.2. The Hall–Kier alpha value is -1.88. The Morgan fingerprint density at radius 3 is 1.51 bits per heavy atom. The van der Waals surface area contributed by atoms with Gasteiger partial charge in [-0.05, 0) is 108 Å². The second kappa shape index (κ2) is 20.1. The summed E-state index contributed by atoms with van der Waals surface area (Å²) >= 11 is 0. The lowest BCUT2D eigenvalue weighted by Crippen LogP contribution is -2.48. The van der Waals surface area contributed by atoms with Crippen molar-refractivity contribution in [2.75, 3.05) is 26.4 Å². The predicted molar refractivity (Wildman–Crippen MR) is 152 cm³/mol. The van der Waals surface area contributed by atoms with Gasteiger partial charge in [-0.15, -0.1) is 0 Å². The van der Waals surface area contributed by atoms with Crippen molar-refractivity contribution in [3.8, 4) is 0 Å². The fourth-order valence-electron chi connectivity index (χ4n) is 5.38. The molecule has 8 nitrogen and oxygen atoms in total. The minimum atomic E-state index is -0.823. The molecule has 3 fully saturated rings. The first kappa shape index (κ1) is 33.6. The van der Waals surface area contributed by atoms with E-state index in [-0.39, 0.29) is 12.6 Å². The fraction of sp³-hybridized carbons (Fsp3) is 0.806. The van der Waals surface area contributed by atoms with Crippen LogP contribution in [-0.2, 0) is 28.5 Å². The Morgan fingerprint density at radius 1 is 0.634 bits per heavy atom. The van der Waals surface area contributed by atoms with Crippen LogP contribution in [0, 0.1) is 0 Å². The van der Waals surface area contributed by atoms with Gasteiger partial charge in [0.1, 0.15) is 0 Å². The number of carbonyl (C=O) groups is 2. The molecule has 2 amide bonds. The van der Waals surface area contributed by atoms with Crippen molar-refractivity contribution in [2.45, 2.75) is 134 Å². The number of carbonyl (C=O) groups excluding carboxylic acids is 2. The van der Waals surface area contributed by atoms with Crippen molar-refractivity contribution in [3.05, 3.63) is 23.8 Å². The quantitative estimate of drug-likeness (QED) is 0.150. The fourth-order valence-corrected chi connectivity index (χ4v) is 5.38. The first-order valence-electron chi connectivity index (χ1n) is 15.8. The van der Waals surface area contributed by atoms with E-state index in [1.807, 2.05) is 0 Å². The molecule has 41 heavy (non-hydrogen) atoms. The molecule has 2 aliphatic heterocycles. The summed E-state index contributed by atoms with van der Waals surface area (Å²) in [6.07, 6.45) is 16.6. The number of unbranched alkanes of at least 4 members (excludes halogenated alkanes) is 6. The summed E-state index contributed by atoms with van der Waals surface area (Å²) in [6.45, 7) is 2.75. The minimum Gasteiger partial charge on any atom is -0.353 e. The summed E-state index contributed by atoms with van der Waals surface area (Å²) in [6, 6.07) is -0.851. The molecule has 1 saturated carbocycles. The first-order chi connectivity index (χ1) is 20.0. The van der Waals surface area contributed by atoms with Crippen LogP contribution in [-0.4, -0.2) is 62.9 Å². The number of hydrogen-bond donors (Lipinski definition) is 2. The molecular weight excluding hydrogens is 534 g/mol. The number of amides is 2. The van der Waals surface area contributed by atoms with Crippen molar-refractivity contribution in [1.29, 1.82) is 0 Å². The molecule has 2 unspecified atom stereocenters. The van der Waals surface area contributed by atoms with Gasteiger partial charge in [0, 0.05) is 38.5 Å². The SMILES string of the molecule is O=C(N[C@H]1CCC[C@H]1NC(=O)/C(F)=C/CCCCCOC1CCCCO1)/C(F)=C/CCCCCOC1CCCCO1. The Labute approximate surface area is 243 Å². The zero-order valence-corrected chi connectivity index (χ0v) is 24.5. The molecule has 4 atom stereocenters. The molecule has 10 heteroatoms. The highest BCUT2D eigenvalue weighted by molar-refractivity contribution is 5.92. The maximum atomic E-state index is 14.4. The third-order valence-corrected chi connectivity index (χ3v) is 7.81. The van der Waals surface area contributed by atoms with E-state index in [1.54, 1.807) is 0 Å². The van der Waals surface area contributed by atoms with Gasteiger partial charge in [0.2, 0.25) is 0 Å². The molecular formula is C31H50F2N2O6. The van der Waals surface area contributed by atoms with Gasteiger partial charge in [0.15, 0.2) is 24.2 Å². The molecule has 2 heterocycles. The van der Waals surface area contributed by atoms with Crippen LogP contribution in [0.3, 0.4) is 0 Å². The number of allylic oxidation sites excluding steroid dienone is 2. The van der Waals surface area contributed by atoms with Crippen molar-refractivity contribution in [2.24, 2.45) is 0 Å². The first-order valence-corrected chi connectivity index (χ1v) is 15.8. The monoisotopic (exact) mass is 584 g/mol. The van der Waals surface area contributed by atoms with Crippen molar-refractivity contribution < 1.29 is 37.3 Å². The van der Waals surface area contributed by atoms with E-state index in [0.29, 0.717) is 38.9 Å². The molecule has 0 bridgehead atoms. The molecule has 3 aliphatic rings. The number of rotatable bonds is 18. The van der Waals surface area contributed by atoms with Crippen LogP contribution in [0.25, 0.3) is 0 Å². The summed E-state index contributed by atoms with van der Waals surface area (Å²) in [7, 11) is 0. The van der Waals surface area contributed by atoms with E-state index in [9.17, 15) is 18.4 Å². The van der Waals surface area contributed by atoms with Crippen LogP contribution in [0.15, 0.2) is 23.8 Å².